The van der Waals surface area contributed by atoms with Crippen LogP contribution in [0.1, 0.15) is 35.5 Å². The van der Waals surface area contributed by atoms with Gasteiger partial charge >= 0.3 is 0 Å². The Kier molecular flexibility index (Phi) is 3.61. The molecule has 0 aromatic carbocycles. The quantitative estimate of drug-likeness (QED) is 0.853. The zero-order valence-corrected chi connectivity index (χ0v) is 12.7. The van der Waals surface area contributed by atoms with Gasteiger partial charge in [-0.3, -0.25) is 4.79 Å². The van der Waals surface area contributed by atoms with Crippen LogP contribution in [0.15, 0.2) is 9.85 Å². The number of thiophene rings is 1. The first-order valence-electron chi connectivity index (χ1n) is 5.65. The first-order valence-corrected chi connectivity index (χ1v) is 7.26. The summed E-state index contributed by atoms with van der Waals surface area (Å²) < 4.78 is 6.12. The summed E-state index contributed by atoms with van der Waals surface area (Å²) in [6.07, 6.45) is 0.919. The maximum atomic E-state index is 12.3. The third-order valence-corrected chi connectivity index (χ3v) is 5.36. The number of ether oxygens (including phenoxy) is 1. The topological polar surface area (TPSA) is 29.5 Å². The molecule has 0 aliphatic carbocycles. The number of rotatable bonds is 4. The summed E-state index contributed by atoms with van der Waals surface area (Å²) in [5.41, 5.74) is 0.670. The maximum Gasteiger partial charge on any atom is 0.255 e. The predicted octanol–water partition coefficient (Wildman–Crippen LogP) is 3.24. The van der Waals surface area contributed by atoms with Gasteiger partial charge in [-0.15, -0.1) is 11.3 Å². The Morgan fingerprint density at radius 2 is 2.29 bits per heavy atom. The average molecular weight is 318 g/mol. The van der Waals surface area contributed by atoms with Gasteiger partial charge in [-0.1, -0.05) is 6.92 Å². The van der Waals surface area contributed by atoms with Crippen LogP contribution in [-0.2, 0) is 10.3 Å². The van der Waals surface area contributed by atoms with Gasteiger partial charge in [-0.2, -0.15) is 0 Å². The van der Waals surface area contributed by atoms with Crippen LogP contribution >= 0.6 is 27.3 Å². The second-order valence-electron chi connectivity index (χ2n) is 4.37. The molecule has 0 fully saturated rings. The van der Waals surface area contributed by atoms with Crippen molar-refractivity contribution >= 4 is 33.2 Å². The van der Waals surface area contributed by atoms with E-state index < -0.39 is 0 Å². The molecular weight excluding hydrogens is 302 g/mol. The molecule has 0 bridgehead atoms. The van der Waals surface area contributed by atoms with Gasteiger partial charge in [0, 0.05) is 18.5 Å². The summed E-state index contributed by atoms with van der Waals surface area (Å²) in [5.74, 6) is 0.128. The Balaban J connectivity index is 2.39. The minimum absolute atomic E-state index is 0.128. The Bertz CT molecular complexity index is 446. The smallest absolute Gasteiger partial charge is 0.255 e. The van der Waals surface area contributed by atoms with Gasteiger partial charge in [0.15, 0.2) is 0 Å². The van der Waals surface area contributed by atoms with Gasteiger partial charge in [0.05, 0.1) is 21.5 Å². The molecular formula is C12H16BrNO2S. The fourth-order valence-corrected chi connectivity index (χ4v) is 4.11. The summed E-state index contributed by atoms with van der Waals surface area (Å²) in [7, 11) is 1.66. The van der Waals surface area contributed by atoms with Crippen LogP contribution in [0.3, 0.4) is 0 Å². The molecule has 1 unspecified atom stereocenters. The van der Waals surface area contributed by atoms with E-state index in [9.17, 15) is 4.79 Å². The van der Waals surface area contributed by atoms with E-state index in [1.165, 1.54) is 4.88 Å². The lowest BCUT2D eigenvalue weighted by molar-refractivity contribution is 0.0476. The number of hydrogen-bond donors (Lipinski definition) is 0. The minimum atomic E-state index is -0.179. The molecule has 1 atom stereocenters. The zero-order valence-electron chi connectivity index (χ0n) is 10.2. The highest BCUT2D eigenvalue weighted by Crippen LogP contribution is 2.46. The van der Waals surface area contributed by atoms with E-state index in [1.807, 2.05) is 11.0 Å². The second-order valence-corrected chi connectivity index (χ2v) is 6.80. The third-order valence-electron chi connectivity index (χ3n) is 3.47. The maximum absolute atomic E-state index is 12.3. The Morgan fingerprint density at radius 1 is 1.59 bits per heavy atom. The van der Waals surface area contributed by atoms with E-state index in [-0.39, 0.29) is 11.4 Å². The average Bonchev–Trinajstić information content (AvgIpc) is 2.78. The van der Waals surface area contributed by atoms with Crippen LogP contribution in [0.2, 0.25) is 0 Å². The zero-order chi connectivity index (χ0) is 12.6. The van der Waals surface area contributed by atoms with Crippen molar-refractivity contribution in [1.29, 1.82) is 0 Å². The lowest BCUT2D eigenvalue weighted by Crippen LogP contribution is -2.42. The molecule has 1 amide bonds. The monoisotopic (exact) mass is 317 g/mol. The molecule has 5 heteroatoms. The molecule has 0 saturated heterocycles. The summed E-state index contributed by atoms with van der Waals surface area (Å²) in [5, 5.41) is 0. The molecule has 0 spiro atoms. The van der Waals surface area contributed by atoms with E-state index in [0.29, 0.717) is 13.2 Å². The van der Waals surface area contributed by atoms with E-state index in [2.05, 4.69) is 29.8 Å². The Labute approximate surface area is 114 Å². The van der Waals surface area contributed by atoms with Gasteiger partial charge < -0.3 is 9.64 Å². The molecule has 2 heterocycles. The molecule has 17 heavy (non-hydrogen) atoms. The van der Waals surface area contributed by atoms with Crippen molar-refractivity contribution in [2.45, 2.75) is 25.8 Å². The highest BCUT2D eigenvalue weighted by molar-refractivity contribution is 9.11. The SMILES string of the molecule is CCC1(C)c2sc(Br)cc2C(=O)N1CCOC. The van der Waals surface area contributed by atoms with Crippen molar-refractivity contribution < 1.29 is 9.53 Å². The fraction of sp³-hybridized carbons (Fsp3) is 0.583. The molecule has 1 aromatic rings. The van der Waals surface area contributed by atoms with Gasteiger partial charge in [-0.05, 0) is 35.3 Å². The summed E-state index contributed by atoms with van der Waals surface area (Å²) in [6.45, 7) is 5.49. The number of halogens is 1. The summed E-state index contributed by atoms with van der Waals surface area (Å²) in [4.78, 5) is 15.5. The fourth-order valence-electron chi connectivity index (χ4n) is 2.29. The van der Waals surface area contributed by atoms with Crippen LogP contribution in [-0.4, -0.2) is 31.1 Å². The Hall–Kier alpha value is -0.390. The van der Waals surface area contributed by atoms with Crippen LogP contribution < -0.4 is 0 Å². The number of hydrogen-bond acceptors (Lipinski definition) is 3. The van der Waals surface area contributed by atoms with Gasteiger partial charge in [-0.25, -0.2) is 0 Å². The lowest BCUT2D eigenvalue weighted by Gasteiger charge is -2.34. The number of methoxy groups -OCH3 is 1. The standard InChI is InChI=1S/C12H16BrNO2S/c1-4-12(2)10-8(7-9(13)17-10)11(15)14(12)5-6-16-3/h7H,4-6H2,1-3H3. The minimum Gasteiger partial charge on any atom is -0.383 e. The van der Waals surface area contributed by atoms with Crippen molar-refractivity contribution in [2.24, 2.45) is 0 Å². The van der Waals surface area contributed by atoms with Crippen molar-refractivity contribution in [3.05, 3.63) is 20.3 Å². The van der Waals surface area contributed by atoms with Gasteiger partial charge in [0.25, 0.3) is 5.91 Å². The number of carbonyl (C=O) groups is 1. The highest BCUT2D eigenvalue weighted by atomic mass is 79.9. The molecule has 1 aromatic heterocycles. The van der Waals surface area contributed by atoms with E-state index in [1.54, 1.807) is 18.4 Å². The number of amides is 1. The summed E-state index contributed by atoms with van der Waals surface area (Å²) >= 11 is 5.12. The van der Waals surface area contributed by atoms with E-state index in [4.69, 9.17) is 4.74 Å². The molecule has 2 rings (SSSR count). The van der Waals surface area contributed by atoms with Crippen LogP contribution in [0.5, 0.6) is 0 Å². The Morgan fingerprint density at radius 3 is 2.88 bits per heavy atom. The largest absolute Gasteiger partial charge is 0.383 e. The molecule has 0 radical (unpaired) electrons. The lowest BCUT2D eigenvalue weighted by atomic mass is 9.97. The first kappa shape index (κ1) is 13.1. The van der Waals surface area contributed by atoms with Gasteiger partial charge in [0.1, 0.15) is 0 Å². The predicted molar refractivity (Wildman–Crippen MR) is 72.6 cm³/mol. The van der Waals surface area contributed by atoms with Crippen LogP contribution in [0.4, 0.5) is 0 Å². The molecule has 1 aliphatic heterocycles. The molecule has 94 valence electrons. The highest BCUT2D eigenvalue weighted by Gasteiger charge is 2.46. The van der Waals surface area contributed by atoms with Crippen LogP contribution in [0.25, 0.3) is 0 Å². The molecule has 3 nitrogen and oxygen atoms in total. The third kappa shape index (κ3) is 1.94. The molecule has 1 aliphatic rings. The van der Waals surface area contributed by atoms with Crippen molar-refractivity contribution in [2.75, 3.05) is 20.3 Å². The molecule has 0 N–H and O–H groups in total. The van der Waals surface area contributed by atoms with E-state index in [0.717, 1.165) is 15.8 Å². The number of fused-ring (bicyclic) bond motifs is 1. The summed E-state index contributed by atoms with van der Waals surface area (Å²) in [6, 6.07) is 1.93. The molecule has 0 saturated carbocycles. The second kappa shape index (κ2) is 4.71. The number of carbonyl (C=O) groups excluding carboxylic acids is 1. The van der Waals surface area contributed by atoms with Crippen molar-refractivity contribution in [3.63, 3.8) is 0 Å². The first-order chi connectivity index (χ1) is 8.04. The van der Waals surface area contributed by atoms with Crippen molar-refractivity contribution in [3.8, 4) is 0 Å². The van der Waals surface area contributed by atoms with Gasteiger partial charge in [0.2, 0.25) is 0 Å². The van der Waals surface area contributed by atoms with E-state index >= 15 is 0 Å². The normalized spacial score (nSPS) is 23.3. The van der Waals surface area contributed by atoms with Crippen LogP contribution in [0, 0.1) is 0 Å². The number of nitrogens with zero attached hydrogens (tertiary/aromatic N) is 1. The van der Waals surface area contributed by atoms with Crippen molar-refractivity contribution in [1.82, 2.24) is 4.90 Å².